The van der Waals surface area contributed by atoms with E-state index in [0.29, 0.717) is 19.5 Å². The van der Waals surface area contributed by atoms with Crippen LogP contribution in [0.2, 0.25) is 0 Å². The van der Waals surface area contributed by atoms with E-state index in [9.17, 15) is 9.59 Å². The number of rotatable bonds is 7. The van der Waals surface area contributed by atoms with E-state index in [1.54, 1.807) is 0 Å². The molecule has 0 aromatic heterocycles. The van der Waals surface area contributed by atoms with Crippen molar-refractivity contribution >= 4 is 12.0 Å². The average molecular weight is 262 g/mol. The minimum atomic E-state index is -0.450. The van der Waals surface area contributed by atoms with Gasteiger partial charge in [-0.3, -0.25) is 0 Å². The standard InChI is InChI=1S/C14H18N2O3/c1-2-13(17)19-10-6-9-15-14(18)16-11-12-7-4-3-5-8-12/h2-5,7-8H,1,6,9-11H2,(H2,15,16,18). The quantitative estimate of drug-likeness (QED) is 0.445. The van der Waals surface area contributed by atoms with Gasteiger partial charge in [0.1, 0.15) is 0 Å². The smallest absolute Gasteiger partial charge is 0.330 e. The van der Waals surface area contributed by atoms with Crippen LogP contribution in [0.5, 0.6) is 0 Å². The summed E-state index contributed by atoms with van der Waals surface area (Å²) in [6.45, 7) is 4.49. The summed E-state index contributed by atoms with van der Waals surface area (Å²) in [6.07, 6.45) is 1.68. The second-order valence-electron chi connectivity index (χ2n) is 3.82. The van der Waals surface area contributed by atoms with Crippen molar-refractivity contribution in [1.29, 1.82) is 0 Å². The fourth-order valence-electron chi connectivity index (χ4n) is 1.35. The molecule has 0 heterocycles. The Labute approximate surface area is 112 Å². The third-order valence-corrected chi connectivity index (χ3v) is 2.31. The van der Waals surface area contributed by atoms with Crippen LogP contribution in [0.1, 0.15) is 12.0 Å². The molecule has 5 heteroatoms. The van der Waals surface area contributed by atoms with Gasteiger partial charge in [0, 0.05) is 19.2 Å². The number of urea groups is 1. The number of carbonyl (C=O) groups excluding carboxylic acids is 2. The van der Waals surface area contributed by atoms with E-state index in [2.05, 4.69) is 17.2 Å². The first-order chi connectivity index (χ1) is 9.22. The van der Waals surface area contributed by atoms with Crippen LogP contribution in [0, 0.1) is 0 Å². The zero-order valence-electron chi connectivity index (χ0n) is 10.7. The van der Waals surface area contributed by atoms with E-state index in [1.807, 2.05) is 30.3 Å². The Balaban J connectivity index is 2.05. The van der Waals surface area contributed by atoms with E-state index in [4.69, 9.17) is 4.74 Å². The van der Waals surface area contributed by atoms with Gasteiger partial charge in [-0.25, -0.2) is 9.59 Å². The molecule has 0 atom stereocenters. The van der Waals surface area contributed by atoms with Crippen molar-refractivity contribution in [2.45, 2.75) is 13.0 Å². The van der Waals surface area contributed by atoms with Gasteiger partial charge in [-0.2, -0.15) is 0 Å². The van der Waals surface area contributed by atoms with Crippen molar-refractivity contribution < 1.29 is 14.3 Å². The Bertz CT molecular complexity index is 418. The number of hydrogen-bond acceptors (Lipinski definition) is 3. The van der Waals surface area contributed by atoms with Gasteiger partial charge >= 0.3 is 12.0 Å². The number of ether oxygens (including phenoxy) is 1. The molecule has 102 valence electrons. The highest BCUT2D eigenvalue weighted by Gasteiger charge is 2.00. The zero-order valence-corrected chi connectivity index (χ0v) is 10.7. The number of nitrogens with one attached hydrogen (secondary N) is 2. The van der Waals surface area contributed by atoms with Crippen LogP contribution in [0.4, 0.5) is 4.79 Å². The monoisotopic (exact) mass is 262 g/mol. The second-order valence-corrected chi connectivity index (χ2v) is 3.82. The van der Waals surface area contributed by atoms with Crippen LogP contribution in [-0.4, -0.2) is 25.2 Å². The van der Waals surface area contributed by atoms with Crippen molar-refractivity contribution in [2.75, 3.05) is 13.2 Å². The summed E-state index contributed by atoms with van der Waals surface area (Å²) < 4.78 is 4.77. The maximum absolute atomic E-state index is 11.4. The Kier molecular flexibility index (Phi) is 6.79. The van der Waals surface area contributed by atoms with Crippen molar-refractivity contribution in [1.82, 2.24) is 10.6 Å². The lowest BCUT2D eigenvalue weighted by Crippen LogP contribution is -2.35. The van der Waals surface area contributed by atoms with Gasteiger partial charge in [0.05, 0.1) is 6.61 Å². The van der Waals surface area contributed by atoms with Crippen molar-refractivity contribution in [3.8, 4) is 0 Å². The van der Waals surface area contributed by atoms with Crippen molar-refractivity contribution in [3.05, 3.63) is 48.6 Å². The summed E-state index contributed by atoms with van der Waals surface area (Å²) in [5.74, 6) is -0.450. The largest absolute Gasteiger partial charge is 0.462 e. The SMILES string of the molecule is C=CC(=O)OCCCNC(=O)NCc1ccccc1. The highest BCUT2D eigenvalue weighted by Crippen LogP contribution is 1.96. The predicted molar refractivity (Wildman–Crippen MR) is 72.5 cm³/mol. The molecule has 0 radical (unpaired) electrons. The van der Waals surface area contributed by atoms with Crippen molar-refractivity contribution in [3.63, 3.8) is 0 Å². The molecule has 0 aliphatic carbocycles. The molecule has 0 aliphatic rings. The minimum Gasteiger partial charge on any atom is -0.462 e. The lowest BCUT2D eigenvalue weighted by Gasteiger charge is -2.07. The van der Waals surface area contributed by atoms with Gasteiger partial charge < -0.3 is 15.4 Å². The summed E-state index contributed by atoms with van der Waals surface area (Å²) in [4.78, 5) is 22.2. The molecule has 0 fully saturated rings. The molecule has 0 saturated heterocycles. The molecule has 0 bridgehead atoms. The Morgan fingerprint density at radius 2 is 1.95 bits per heavy atom. The highest BCUT2D eigenvalue weighted by molar-refractivity contribution is 5.81. The van der Waals surface area contributed by atoms with Crippen molar-refractivity contribution in [2.24, 2.45) is 0 Å². The normalized spacial score (nSPS) is 9.47. The van der Waals surface area contributed by atoms with Gasteiger partial charge in [0.15, 0.2) is 0 Å². The zero-order chi connectivity index (χ0) is 13.9. The fourth-order valence-corrected chi connectivity index (χ4v) is 1.35. The maximum atomic E-state index is 11.4. The van der Waals surface area contributed by atoms with E-state index in [0.717, 1.165) is 11.6 Å². The Morgan fingerprint density at radius 3 is 2.63 bits per heavy atom. The molecule has 0 unspecified atom stereocenters. The molecular formula is C14H18N2O3. The van der Waals surface area contributed by atoms with Crippen LogP contribution in [0.15, 0.2) is 43.0 Å². The molecule has 1 aromatic carbocycles. The third kappa shape index (κ3) is 6.88. The lowest BCUT2D eigenvalue weighted by molar-refractivity contribution is -0.137. The molecule has 0 spiro atoms. The van der Waals surface area contributed by atoms with E-state index in [-0.39, 0.29) is 12.6 Å². The number of benzene rings is 1. The number of esters is 1. The first-order valence-corrected chi connectivity index (χ1v) is 6.07. The molecule has 19 heavy (non-hydrogen) atoms. The first-order valence-electron chi connectivity index (χ1n) is 6.07. The van der Waals surface area contributed by atoms with E-state index in [1.165, 1.54) is 0 Å². The Morgan fingerprint density at radius 1 is 1.21 bits per heavy atom. The van der Waals surface area contributed by atoms with Gasteiger partial charge in [-0.1, -0.05) is 36.9 Å². The highest BCUT2D eigenvalue weighted by atomic mass is 16.5. The van der Waals surface area contributed by atoms with Gasteiger partial charge in [-0.05, 0) is 12.0 Å². The molecule has 1 rings (SSSR count). The van der Waals surface area contributed by atoms with Gasteiger partial charge in [-0.15, -0.1) is 0 Å². The molecule has 0 aliphatic heterocycles. The van der Waals surface area contributed by atoms with Crippen LogP contribution in [-0.2, 0) is 16.1 Å². The topological polar surface area (TPSA) is 67.4 Å². The second kappa shape index (κ2) is 8.74. The van der Waals surface area contributed by atoms with Crippen LogP contribution < -0.4 is 10.6 Å². The molecule has 5 nitrogen and oxygen atoms in total. The average Bonchev–Trinajstić information content (AvgIpc) is 2.45. The predicted octanol–water partition coefficient (Wildman–Crippen LogP) is 1.61. The summed E-state index contributed by atoms with van der Waals surface area (Å²) >= 11 is 0. The minimum absolute atomic E-state index is 0.237. The fraction of sp³-hybridized carbons (Fsp3) is 0.286. The van der Waals surface area contributed by atoms with E-state index < -0.39 is 5.97 Å². The Hall–Kier alpha value is -2.30. The summed E-state index contributed by atoms with van der Waals surface area (Å²) in [5, 5.41) is 5.41. The van der Waals surface area contributed by atoms with E-state index >= 15 is 0 Å². The maximum Gasteiger partial charge on any atom is 0.330 e. The first kappa shape index (κ1) is 14.8. The summed E-state index contributed by atoms with van der Waals surface area (Å²) in [5.41, 5.74) is 1.04. The lowest BCUT2D eigenvalue weighted by atomic mass is 10.2. The molecular weight excluding hydrogens is 244 g/mol. The van der Waals surface area contributed by atoms with Crippen LogP contribution in [0.25, 0.3) is 0 Å². The molecule has 2 N–H and O–H groups in total. The molecule has 1 aromatic rings. The van der Waals surface area contributed by atoms with Crippen LogP contribution >= 0.6 is 0 Å². The number of amides is 2. The van der Waals surface area contributed by atoms with Gasteiger partial charge in [0.2, 0.25) is 0 Å². The number of hydrogen-bond donors (Lipinski definition) is 2. The van der Waals surface area contributed by atoms with Gasteiger partial charge in [0.25, 0.3) is 0 Å². The summed E-state index contributed by atoms with van der Waals surface area (Å²) in [6, 6.07) is 9.41. The molecule has 0 saturated carbocycles. The third-order valence-electron chi connectivity index (χ3n) is 2.31. The molecule has 2 amide bonds. The number of carbonyl (C=O) groups is 2. The van der Waals surface area contributed by atoms with Crippen LogP contribution in [0.3, 0.4) is 0 Å². The summed E-state index contributed by atoms with van der Waals surface area (Å²) in [7, 11) is 0.